The van der Waals surface area contributed by atoms with Gasteiger partial charge >= 0.3 is 12.1 Å². The number of ether oxygens (including phenoxy) is 3. The lowest BCUT2D eigenvalue weighted by atomic mass is 9.96. The summed E-state index contributed by atoms with van der Waals surface area (Å²) in [6, 6.07) is 7.53. The maximum absolute atomic E-state index is 14.4. The van der Waals surface area contributed by atoms with Gasteiger partial charge in [0.2, 0.25) is 11.8 Å². The van der Waals surface area contributed by atoms with Crippen molar-refractivity contribution < 1.29 is 33.4 Å². The lowest BCUT2D eigenvalue weighted by Crippen LogP contribution is -2.56. The first-order chi connectivity index (χ1) is 23.8. The molecule has 3 fully saturated rings. The molecule has 5 atom stereocenters. The Balaban J connectivity index is 1.18. The van der Waals surface area contributed by atoms with Gasteiger partial charge in [-0.15, -0.1) is 11.3 Å². The van der Waals surface area contributed by atoms with Crippen LogP contribution in [0.2, 0.25) is 0 Å². The zero-order valence-corrected chi connectivity index (χ0v) is 28.3. The Morgan fingerprint density at radius 2 is 1.94 bits per heavy atom. The first-order valence-corrected chi connectivity index (χ1v) is 18.0. The van der Waals surface area contributed by atoms with E-state index in [9.17, 15) is 19.2 Å². The van der Waals surface area contributed by atoms with Gasteiger partial charge in [0.1, 0.15) is 35.6 Å². The summed E-state index contributed by atoms with van der Waals surface area (Å²) in [6.07, 6.45) is 11.3. The Labute approximate surface area is 288 Å². The van der Waals surface area contributed by atoms with Gasteiger partial charge in [-0.25, -0.2) is 14.6 Å². The molecular formula is C36H41N5O7S. The lowest BCUT2D eigenvalue weighted by molar-refractivity contribution is -0.148. The van der Waals surface area contributed by atoms with E-state index in [1.807, 2.05) is 47.9 Å². The molecule has 0 radical (unpaired) electrons. The van der Waals surface area contributed by atoms with Gasteiger partial charge in [0.25, 0.3) is 0 Å². The fourth-order valence-corrected chi connectivity index (χ4v) is 7.76. The van der Waals surface area contributed by atoms with Crippen molar-refractivity contribution in [1.82, 2.24) is 25.5 Å². The van der Waals surface area contributed by atoms with Gasteiger partial charge in [0.15, 0.2) is 0 Å². The Kier molecular flexibility index (Phi) is 9.53. The van der Waals surface area contributed by atoms with Crippen molar-refractivity contribution in [3.8, 4) is 17.1 Å². The van der Waals surface area contributed by atoms with Crippen molar-refractivity contribution in [2.75, 3.05) is 13.7 Å². The largest absolute Gasteiger partial charge is 0.487 e. The highest BCUT2D eigenvalue weighted by Crippen LogP contribution is 2.46. The van der Waals surface area contributed by atoms with Crippen molar-refractivity contribution >= 4 is 45.4 Å². The average molecular weight is 688 g/mol. The van der Waals surface area contributed by atoms with E-state index >= 15 is 0 Å². The van der Waals surface area contributed by atoms with Crippen LogP contribution in [0.5, 0.6) is 5.75 Å². The molecule has 3 amide bonds. The van der Waals surface area contributed by atoms with E-state index < -0.39 is 41.7 Å². The average Bonchev–Trinajstić information content (AvgIpc) is 3.37. The quantitative estimate of drug-likeness (QED) is 0.272. The van der Waals surface area contributed by atoms with E-state index in [1.165, 1.54) is 23.3 Å². The Morgan fingerprint density at radius 3 is 2.71 bits per heavy atom. The SMILES string of the molecule is COC(=O)[C@@]12C[C@H]1C=CCCCCC[C@H](NC(=O)OC1CCC1)C(=O)N1C[C@H](Oc3cc(-c4ccccn4)nc4ccsc34)C[C@H]1C(=O)N2. The van der Waals surface area contributed by atoms with E-state index in [-0.39, 0.29) is 30.9 Å². The third kappa shape index (κ3) is 6.99. The number of methoxy groups -OCH3 is 1. The maximum atomic E-state index is 14.4. The highest BCUT2D eigenvalue weighted by molar-refractivity contribution is 7.17. The molecule has 5 heterocycles. The molecular weight excluding hydrogens is 646 g/mol. The fourth-order valence-electron chi connectivity index (χ4n) is 6.97. The second-order valence-corrected chi connectivity index (χ2v) is 14.2. The lowest BCUT2D eigenvalue weighted by Gasteiger charge is -2.30. The number of nitrogens with zero attached hydrogens (tertiary/aromatic N) is 3. The third-order valence-corrected chi connectivity index (χ3v) is 10.9. The summed E-state index contributed by atoms with van der Waals surface area (Å²) in [5, 5.41) is 7.74. The number of aromatic nitrogens is 2. The van der Waals surface area contributed by atoms with E-state index in [2.05, 4.69) is 15.6 Å². The van der Waals surface area contributed by atoms with Gasteiger partial charge in [0, 0.05) is 24.6 Å². The number of nitrogens with one attached hydrogen (secondary N) is 2. The van der Waals surface area contributed by atoms with E-state index in [0.29, 0.717) is 36.4 Å². The van der Waals surface area contributed by atoms with Crippen LogP contribution in [0.4, 0.5) is 4.79 Å². The summed E-state index contributed by atoms with van der Waals surface area (Å²) in [6.45, 7) is 0.107. The smallest absolute Gasteiger partial charge is 0.408 e. The van der Waals surface area contributed by atoms with Crippen molar-refractivity contribution in [2.24, 2.45) is 5.92 Å². The highest BCUT2D eigenvalue weighted by atomic mass is 32.1. The number of fused-ring (bicyclic) bond motifs is 3. The van der Waals surface area contributed by atoms with Crippen molar-refractivity contribution in [3.63, 3.8) is 0 Å². The van der Waals surface area contributed by atoms with E-state index in [0.717, 1.165) is 48.7 Å². The van der Waals surface area contributed by atoms with Crippen molar-refractivity contribution in [1.29, 1.82) is 0 Å². The highest BCUT2D eigenvalue weighted by Gasteiger charge is 2.62. The summed E-state index contributed by atoms with van der Waals surface area (Å²) in [7, 11) is 1.31. The van der Waals surface area contributed by atoms with Gasteiger partial charge in [-0.05, 0) is 68.5 Å². The molecule has 49 heavy (non-hydrogen) atoms. The molecule has 258 valence electrons. The van der Waals surface area contributed by atoms with Crippen LogP contribution in [-0.2, 0) is 23.9 Å². The Bertz CT molecular complexity index is 1740. The number of allylic oxidation sites excluding steroid dienone is 1. The molecule has 0 aromatic carbocycles. The molecule has 13 heteroatoms. The predicted octanol–water partition coefficient (Wildman–Crippen LogP) is 4.92. The zero-order valence-electron chi connectivity index (χ0n) is 27.5. The van der Waals surface area contributed by atoms with Gasteiger partial charge in [0.05, 0.1) is 35.3 Å². The molecule has 3 aromatic rings. The minimum atomic E-state index is -1.19. The summed E-state index contributed by atoms with van der Waals surface area (Å²) < 4.78 is 18.1. The van der Waals surface area contributed by atoms with Crippen LogP contribution < -0.4 is 15.4 Å². The van der Waals surface area contributed by atoms with Crippen LogP contribution in [0.15, 0.2) is 54.1 Å². The second kappa shape index (κ2) is 14.1. The molecule has 0 bridgehead atoms. The number of carbonyl (C=O) groups is 4. The number of amides is 3. The van der Waals surface area contributed by atoms with Crippen molar-refractivity contribution in [3.05, 3.63) is 54.1 Å². The molecule has 2 aliphatic carbocycles. The van der Waals surface area contributed by atoms with Crippen LogP contribution in [0.3, 0.4) is 0 Å². The summed E-state index contributed by atoms with van der Waals surface area (Å²) >= 11 is 1.49. The van der Waals surface area contributed by atoms with E-state index in [1.54, 1.807) is 6.20 Å². The molecule has 2 N–H and O–H groups in total. The van der Waals surface area contributed by atoms with Gasteiger partial charge in [-0.3, -0.25) is 14.6 Å². The first-order valence-electron chi connectivity index (χ1n) is 17.2. The molecule has 0 spiro atoms. The number of thiophene rings is 1. The number of esters is 1. The molecule has 12 nitrogen and oxygen atoms in total. The molecule has 3 aromatic heterocycles. The molecule has 7 rings (SSSR count). The number of hydrogen-bond donors (Lipinski definition) is 2. The maximum Gasteiger partial charge on any atom is 0.408 e. The number of pyridine rings is 2. The normalized spacial score (nSPS) is 27.5. The molecule has 2 saturated carbocycles. The second-order valence-electron chi connectivity index (χ2n) is 13.3. The standard InChI is InChI=1S/C36H41N5O7S/c1-46-34(44)36-20-22(36)10-5-3-2-4-6-14-27(39-35(45)48-23-11-9-12-23)33(43)41-21-24(18-29(41)32(42)40-36)47-30-19-28(25-13-7-8-16-37-25)38-26-15-17-49-31(26)30/h5,7-8,10,13,15-17,19,22-24,27,29H,2-4,6,9,11-12,14,18,20-21H2,1H3,(H,39,45)(H,40,42)/t22-,24-,27+,29+,36-/m1/s1. The van der Waals surface area contributed by atoms with Crippen LogP contribution in [0.1, 0.15) is 64.2 Å². The van der Waals surface area contributed by atoms with Crippen LogP contribution >= 0.6 is 11.3 Å². The van der Waals surface area contributed by atoms with E-state index in [4.69, 9.17) is 19.2 Å². The van der Waals surface area contributed by atoms with Gasteiger partial charge in [-0.1, -0.05) is 31.1 Å². The number of alkyl carbamates (subject to hydrolysis) is 1. The minimum Gasteiger partial charge on any atom is -0.487 e. The molecule has 2 aliphatic heterocycles. The molecule has 4 aliphatic rings. The number of rotatable bonds is 6. The third-order valence-electron chi connectivity index (χ3n) is 10.0. The molecule has 1 saturated heterocycles. The predicted molar refractivity (Wildman–Crippen MR) is 182 cm³/mol. The molecule has 0 unspecified atom stereocenters. The van der Waals surface area contributed by atoms with Crippen LogP contribution in [-0.4, -0.2) is 82.2 Å². The number of carbonyl (C=O) groups excluding carboxylic acids is 4. The van der Waals surface area contributed by atoms with Crippen LogP contribution in [0, 0.1) is 5.92 Å². The Morgan fingerprint density at radius 1 is 1.06 bits per heavy atom. The monoisotopic (exact) mass is 687 g/mol. The number of hydrogen-bond acceptors (Lipinski definition) is 10. The Hall–Kier alpha value is -4.52. The zero-order chi connectivity index (χ0) is 34.0. The van der Waals surface area contributed by atoms with Gasteiger partial charge in [-0.2, -0.15) is 0 Å². The van der Waals surface area contributed by atoms with Crippen LogP contribution in [0.25, 0.3) is 21.6 Å². The van der Waals surface area contributed by atoms with Crippen molar-refractivity contribution in [2.45, 2.75) is 94.0 Å². The van der Waals surface area contributed by atoms with Gasteiger partial charge < -0.3 is 29.7 Å². The summed E-state index contributed by atoms with van der Waals surface area (Å²) in [4.78, 5) is 65.2. The minimum absolute atomic E-state index is 0.107. The summed E-state index contributed by atoms with van der Waals surface area (Å²) in [5.74, 6) is -0.971. The topological polar surface area (TPSA) is 149 Å². The fraction of sp³-hybridized carbons (Fsp3) is 0.500. The summed E-state index contributed by atoms with van der Waals surface area (Å²) in [5.41, 5.74) is 0.904. The first kappa shape index (κ1) is 33.0.